The summed E-state index contributed by atoms with van der Waals surface area (Å²) in [5.41, 5.74) is 2.36. The zero-order valence-corrected chi connectivity index (χ0v) is 12.9. The number of aromatic nitrogens is 2. The Bertz CT molecular complexity index is 719. The third kappa shape index (κ3) is 3.33. The van der Waals surface area contributed by atoms with Crippen molar-refractivity contribution in [2.75, 3.05) is 5.32 Å². The quantitative estimate of drug-likeness (QED) is 0.888. The molecule has 0 saturated heterocycles. The lowest BCUT2D eigenvalue weighted by atomic mass is 10.1. The van der Waals surface area contributed by atoms with Gasteiger partial charge in [0, 0.05) is 24.6 Å². The highest BCUT2D eigenvalue weighted by Gasteiger charge is 2.20. The summed E-state index contributed by atoms with van der Waals surface area (Å²) in [7, 11) is 0. The third-order valence-electron chi connectivity index (χ3n) is 3.44. The smallest absolute Gasteiger partial charge is 0.337 e. The van der Waals surface area contributed by atoms with Crippen molar-refractivity contribution >= 4 is 17.7 Å². The van der Waals surface area contributed by atoms with Crippen LogP contribution in [0.5, 0.6) is 0 Å². The molecule has 2 heterocycles. The fraction of sp³-hybridized carbons (Fsp3) is 0.312. The van der Waals surface area contributed by atoms with Crippen molar-refractivity contribution in [1.29, 1.82) is 0 Å². The molecule has 0 aliphatic carbocycles. The van der Waals surface area contributed by atoms with Gasteiger partial charge in [0.1, 0.15) is 5.82 Å². The molecule has 2 rings (SSSR count). The van der Waals surface area contributed by atoms with E-state index in [0.717, 1.165) is 5.56 Å². The Balaban J connectivity index is 2.23. The molecule has 0 radical (unpaired) electrons. The summed E-state index contributed by atoms with van der Waals surface area (Å²) in [4.78, 5) is 27.7. The number of nitrogens with zero attached hydrogens (tertiary/aromatic N) is 2. The summed E-state index contributed by atoms with van der Waals surface area (Å²) in [6.07, 6.45) is 3.38. The number of carbonyl (C=O) groups is 2. The highest BCUT2D eigenvalue weighted by molar-refractivity contribution is 5.96. The first-order chi connectivity index (χ1) is 10.4. The van der Waals surface area contributed by atoms with Crippen LogP contribution in [0.2, 0.25) is 0 Å². The molecule has 0 aliphatic rings. The molecule has 0 fully saturated rings. The van der Waals surface area contributed by atoms with Crippen molar-refractivity contribution in [3.8, 4) is 0 Å². The predicted molar refractivity (Wildman–Crippen MR) is 83.1 cm³/mol. The lowest BCUT2D eigenvalue weighted by Crippen LogP contribution is -2.19. The maximum Gasteiger partial charge on any atom is 0.337 e. The van der Waals surface area contributed by atoms with Gasteiger partial charge >= 0.3 is 5.97 Å². The van der Waals surface area contributed by atoms with Crippen LogP contribution in [0, 0.1) is 13.8 Å². The number of carbonyl (C=O) groups excluding carboxylic acids is 1. The fourth-order valence-electron chi connectivity index (χ4n) is 2.46. The van der Waals surface area contributed by atoms with Crippen LogP contribution in [0.15, 0.2) is 24.5 Å². The number of anilines is 1. The van der Waals surface area contributed by atoms with Crippen LogP contribution in [0.1, 0.15) is 34.1 Å². The Morgan fingerprint density at radius 1 is 1.36 bits per heavy atom. The summed E-state index contributed by atoms with van der Waals surface area (Å²) >= 11 is 0. The second-order valence-corrected chi connectivity index (χ2v) is 5.17. The van der Waals surface area contributed by atoms with Gasteiger partial charge in [-0.15, -0.1) is 0 Å². The first-order valence-corrected chi connectivity index (χ1v) is 7.06. The maximum atomic E-state index is 12.2. The first-order valence-electron chi connectivity index (χ1n) is 7.06. The van der Waals surface area contributed by atoms with E-state index in [1.807, 2.05) is 19.9 Å². The monoisotopic (exact) mass is 301 g/mol. The lowest BCUT2D eigenvalue weighted by Gasteiger charge is -2.09. The van der Waals surface area contributed by atoms with Gasteiger partial charge in [-0.2, -0.15) is 0 Å². The van der Waals surface area contributed by atoms with Gasteiger partial charge in [-0.3, -0.25) is 4.79 Å². The van der Waals surface area contributed by atoms with Crippen molar-refractivity contribution in [3.05, 3.63) is 46.9 Å². The third-order valence-corrected chi connectivity index (χ3v) is 3.44. The summed E-state index contributed by atoms with van der Waals surface area (Å²) in [6.45, 7) is 6.17. The van der Waals surface area contributed by atoms with Crippen LogP contribution in [0.3, 0.4) is 0 Å². The summed E-state index contributed by atoms with van der Waals surface area (Å²) in [5.74, 6) is -0.831. The largest absolute Gasteiger partial charge is 0.478 e. The highest BCUT2D eigenvalue weighted by atomic mass is 16.4. The van der Waals surface area contributed by atoms with Gasteiger partial charge in [-0.25, -0.2) is 9.78 Å². The number of nitrogens with one attached hydrogen (secondary N) is 1. The molecule has 0 atom stereocenters. The molecule has 0 saturated carbocycles. The summed E-state index contributed by atoms with van der Waals surface area (Å²) < 4.78 is 1.79. The van der Waals surface area contributed by atoms with Crippen LogP contribution in [0.25, 0.3) is 0 Å². The maximum absolute atomic E-state index is 12.2. The minimum absolute atomic E-state index is 0.00106. The van der Waals surface area contributed by atoms with Gasteiger partial charge in [0.25, 0.3) is 0 Å². The number of hydrogen-bond acceptors (Lipinski definition) is 3. The zero-order valence-electron chi connectivity index (χ0n) is 12.9. The Kier molecular flexibility index (Phi) is 4.60. The van der Waals surface area contributed by atoms with Crippen molar-refractivity contribution < 1.29 is 14.7 Å². The molecule has 2 aromatic rings. The van der Waals surface area contributed by atoms with Crippen LogP contribution in [0.4, 0.5) is 5.82 Å². The average molecular weight is 301 g/mol. The number of pyridine rings is 1. The molecule has 22 heavy (non-hydrogen) atoms. The lowest BCUT2D eigenvalue weighted by molar-refractivity contribution is -0.115. The van der Waals surface area contributed by atoms with Crippen molar-refractivity contribution in [2.24, 2.45) is 0 Å². The van der Waals surface area contributed by atoms with E-state index in [1.165, 1.54) is 0 Å². The standard InChI is InChI=1S/C16H19N3O3/c1-4-19-9-11(3)15(16(21)22)12(19)8-14(20)18-13-7-10(2)5-6-17-13/h5-7,9H,4,8H2,1-3H3,(H,21,22)(H,17,18,20). The molecule has 0 unspecified atom stereocenters. The van der Waals surface area contributed by atoms with Crippen LogP contribution in [-0.2, 0) is 17.8 Å². The average Bonchev–Trinajstić information content (AvgIpc) is 2.74. The normalized spacial score (nSPS) is 10.5. The molecule has 0 bridgehead atoms. The molecular weight excluding hydrogens is 282 g/mol. The van der Waals surface area contributed by atoms with Crippen LogP contribution in [-0.4, -0.2) is 26.5 Å². The van der Waals surface area contributed by atoms with E-state index in [0.29, 0.717) is 23.6 Å². The van der Waals surface area contributed by atoms with Crippen LogP contribution < -0.4 is 5.32 Å². The van der Waals surface area contributed by atoms with Gasteiger partial charge in [0.15, 0.2) is 0 Å². The highest BCUT2D eigenvalue weighted by Crippen LogP contribution is 2.18. The van der Waals surface area contributed by atoms with E-state index in [9.17, 15) is 14.7 Å². The number of carboxylic acid groups (broad SMARTS) is 1. The molecular formula is C16H19N3O3. The molecule has 6 heteroatoms. The first kappa shape index (κ1) is 15.8. The van der Waals surface area contributed by atoms with Gasteiger partial charge in [-0.1, -0.05) is 0 Å². The van der Waals surface area contributed by atoms with Gasteiger partial charge in [-0.05, 0) is 44.0 Å². The second-order valence-electron chi connectivity index (χ2n) is 5.17. The number of aromatic carboxylic acids is 1. The Morgan fingerprint density at radius 3 is 2.68 bits per heavy atom. The van der Waals surface area contributed by atoms with Crippen molar-refractivity contribution in [2.45, 2.75) is 33.7 Å². The van der Waals surface area contributed by atoms with E-state index in [1.54, 1.807) is 30.0 Å². The SMILES string of the molecule is CCn1cc(C)c(C(=O)O)c1CC(=O)Nc1cc(C)ccn1. The van der Waals surface area contributed by atoms with E-state index in [-0.39, 0.29) is 17.9 Å². The van der Waals surface area contributed by atoms with Gasteiger partial charge in [0.2, 0.25) is 5.91 Å². The molecule has 2 N–H and O–H groups in total. The Labute approximate surface area is 128 Å². The van der Waals surface area contributed by atoms with Gasteiger partial charge in [0.05, 0.1) is 12.0 Å². The zero-order chi connectivity index (χ0) is 16.3. The number of rotatable bonds is 5. The molecule has 6 nitrogen and oxygen atoms in total. The molecule has 0 aromatic carbocycles. The number of aryl methyl sites for hydroxylation is 3. The van der Waals surface area contributed by atoms with Crippen LogP contribution >= 0.6 is 0 Å². The number of hydrogen-bond donors (Lipinski definition) is 2. The van der Waals surface area contributed by atoms with Gasteiger partial charge < -0.3 is 15.0 Å². The molecule has 116 valence electrons. The fourth-order valence-corrected chi connectivity index (χ4v) is 2.46. The predicted octanol–water partition coefficient (Wildman–Crippen LogP) is 2.40. The summed E-state index contributed by atoms with van der Waals surface area (Å²) in [6, 6.07) is 3.60. The topological polar surface area (TPSA) is 84.2 Å². The molecule has 0 aliphatic heterocycles. The molecule has 1 amide bonds. The summed E-state index contributed by atoms with van der Waals surface area (Å²) in [5, 5.41) is 12.0. The Morgan fingerprint density at radius 2 is 2.09 bits per heavy atom. The Hall–Kier alpha value is -2.63. The minimum atomic E-state index is -1.01. The van der Waals surface area contributed by atoms with Crippen molar-refractivity contribution in [1.82, 2.24) is 9.55 Å². The number of amides is 1. The molecule has 0 spiro atoms. The van der Waals surface area contributed by atoms with E-state index in [4.69, 9.17) is 0 Å². The van der Waals surface area contributed by atoms with E-state index in [2.05, 4.69) is 10.3 Å². The minimum Gasteiger partial charge on any atom is -0.478 e. The molecule has 2 aromatic heterocycles. The second kappa shape index (κ2) is 6.43. The van der Waals surface area contributed by atoms with E-state index >= 15 is 0 Å². The number of carboxylic acids is 1. The van der Waals surface area contributed by atoms with E-state index < -0.39 is 5.97 Å². The van der Waals surface area contributed by atoms with Crippen molar-refractivity contribution in [3.63, 3.8) is 0 Å².